The summed E-state index contributed by atoms with van der Waals surface area (Å²) >= 11 is 0. The van der Waals surface area contributed by atoms with Gasteiger partial charge < -0.3 is 19.9 Å². The van der Waals surface area contributed by atoms with E-state index in [0.29, 0.717) is 17.7 Å². The number of urea groups is 1. The molecule has 2 amide bonds. The number of anilines is 1. The van der Waals surface area contributed by atoms with Crippen LogP contribution in [0.15, 0.2) is 24.3 Å². The minimum absolute atomic E-state index is 0.0216. The Balaban J connectivity index is 1.71. The van der Waals surface area contributed by atoms with E-state index in [1.165, 1.54) is 12.8 Å². The van der Waals surface area contributed by atoms with Gasteiger partial charge in [0.1, 0.15) is 5.75 Å². The van der Waals surface area contributed by atoms with E-state index in [4.69, 9.17) is 4.74 Å². The molecule has 1 N–H and O–H groups in total. The van der Waals surface area contributed by atoms with Crippen molar-refractivity contribution in [2.45, 2.75) is 18.9 Å². The molecule has 114 valence electrons. The second kappa shape index (κ2) is 5.93. The van der Waals surface area contributed by atoms with Gasteiger partial charge in [-0.2, -0.15) is 0 Å². The zero-order valence-corrected chi connectivity index (χ0v) is 12.7. The largest absolute Gasteiger partial charge is 0.495 e. The first-order valence-corrected chi connectivity index (χ1v) is 7.56. The maximum absolute atomic E-state index is 12.6. The highest BCUT2D eigenvalue weighted by molar-refractivity contribution is 5.91. The van der Waals surface area contributed by atoms with Gasteiger partial charge in [0.25, 0.3) is 0 Å². The molecule has 2 atom stereocenters. The summed E-state index contributed by atoms with van der Waals surface area (Å²) in [5.41, 5.74) is 0.731. The maximum Gasteiger partial charge on any atom is 0.322 e. The molecule has 2 bridgehead atoms. The summed E-state index contributed by atoms with van der Waals surface area (Å²) in [6, 6.07) is 8.00. The van der Waals surface area contributed by atoms with Crippen LogP contribution >= 0.6 is 0 Å². The first-order valence-electron chi connectivity index (χ1n) is 7.56. The van der Waals surface area contributed by atoms with Crippen LogP contribution < -0.4 is 10.1 Å². The van der Waals surface area contributed by atoms with Gasteiger partial charge in [-0.1, -0.05) is 12.1 Å². The van der Waals surface area contributed by atoms with E-state index in [9.17, 15) is 4.79 Å². The number of ether oxygens (including phenoxy) is 1. The zero-order chi connectivity index (χ0) is 14.8. The minimum Gasteiger partial charge on any atom is -0.495 e. The Morgan fingerprint density at radius 3 is 2.81 bits per heavy atom. The van der Waals surface area contributed by atoms with Gasteiger partial charge in [-0.3, -0.25) is 0 Å². The van der Waals surface area contributed by atoms with Crippen LogP contribution in [0.2, 0.25) is 0 Å². The average molecular weight is 289 g/mol. The minimum atomic E-state index is -0.0216. The van der Waals surface area contributed by atoms with E-state index in [-0.39, 0.29) is 6.03 Å². The van der Waals surface area contributed by atoms with Crippen LogP contribution in [0.4, 0.5) is 10.5 Å². The number of likely N-dealkylation sites (N-methyl/N-ethyl adjacent to an activating group) is 1. The number of fused-ring (bicyclic) bond motifs is 4. The molecule has 3 aliphatic rings. The van der Waals surface area contributed by atoms with E-state index >= 15 is 0 Å². The Bertz CT molecular complexity index is 520. The summed E-state index contributed by atoms with van der Waals surface area (Å²) in [7, 11) is 3.78. The lowest BCUT2D eigenvalue weighted by Crippen LogP contribution is -2.42. The third-order valence-corrected chi connectivity index (χ3v) is 4.62. The van der Waals surface area contributed by atoms with Crippen molar-refractivity contribution in [3.8, 4) is 5.75 Å². The first-order chi connectivity index (χ1) is 10.2. The molecule has 3 saturated heterocycles. The molecule has 3 aliphatic heterocycles. The number of amides is 2. The smallest absolute Gasteiger partial charge is 0.322 e. The van der Waals surface area contributed by atoms with Gasteiger partial charge in [0, 0.05) is 25.7 Å². The lowest BCUT2D eigenvalue weighted by molar-refractivity contribution is 0.166. The number of nitrogens with one attached hydrogen (secondary N) is 1. The van der Waals surface area contributed by atoms with Crippen molar-refractivity contribution in [1.82, 2.24) is 9.80 Å². The van der Waals surface area contributed by atoms with Crippen LogP contribution in [0.3, 0.4) is 0 Å². The molecule has 0 unspecified atom stereocenters. The van der Waals surface area contributed by atoms with Crippen LogP contribution in [0.5, 0.6) is 5.75 Å². The molecule has 0 saturated carbocycles. The number of para-hydroxylation sites is 2. The van der Waals surface area contributed by atoms with E-state index in [1.54, 1.807) is 7.11 Å². The van der Waals surface area contributed by atoms with Crippen molar-refractivity contribution in [1.29, 1.82) is 0 Å². The highest BCUT2D eigenvalue weighted by atomic mass is 16.5. The highest BCUT2D eigenvalue weighted by Crippen LogP contribution is 2.28. The summed E-state index contributed by atoms with van der Waals surface area (Å²) in [6.45, 7) is 2.76. The molecule has 0 radical (unpaired) electrons. The molecule has 21 heavy (non-hydrogen) atoms. The normalized spacial score (nSPS) is 25.5. The molecule has 0 aliphatic carbocycles. The van der Waals surface area contributed by atoms with E-state index in [2.05, 4.69) is 17.3 Å². The highest BCUT2D eigenvalue weighted by Gasteiger charge is 2.34. The Labute approximate surface area is 125 Å². The van der Waals surface area contributed by atoms with Gasteiger partial charge in [0.05, 0.1) is 12.8 Å². The third-order valence-electron chi connectivity index (χ3n) is 4.62. The van der Waals surface area contributed by atoms with Crippen molar-refractivity contribution < 1.29 is 9.53 Å². The summed E-state index contributed by atoms with van der Waals surface area (Å²) < 4.78 is 5.29. The van der Waals surface area contributed by atoms with Crippen LogP contribution in [0, 0.1) is 5.92 Å². The first kappa shape index (κ1) is 14.2. The molecule has 1 aromatic rings. The van der Waals surface area contributed by atoms with Crippen LogP contribution in [-0.4, -0.2) is 55.7 Å². The molecule has 3 heterocycles. The summed E-state index contributed by atoms with van der Waals surface area (Å²) in [6.07, 6.45) is 2.42. The molecule has 1 aromatic carbocycles. The van der Waals surface area contributed by atoms with Gasteiger partial charge in [0.15, 0.2) is 0 Å². The predicted octanol–water partition coefficient (Wildman–Crippen LogP) is 2.25. The van der Waals surface area contributed by atoms with Gasteiger partial charge in [-0.05, 0) is 37.9 Å². The monoisotopic (exact) mass is 289 g/mol. The summed E-state index contributed by atoms with van der Waals surface area (Å²) in [5.74, 6) is 1.29. The molecule has 5 heteroatoms. The quantitative estimate of drug-likeness (QED) is 0.908. The van der Waals surface area contributed by atoms with Crippen LogP contribution in [0.1, 0.15) is 12.8 Å². The second-order valence-corrected chi connectivity index (χ2v) is 6.07. The molecule has 5 nitrogen and oxygen atoms in total. The van der Waals surface area contributed by atoms with Crippen molar-refractivity contribution in [2.75, 3.05) is 39.1 Å². The lowest BCUT2D eigenvalue weighted by atomic mass is 9.96. The number of piperidine rings is 1. The van der Waals surface area contributed by atoms with Crippen molar-refractivity contribution in [2.24, 2.45) is 5.92 Å². The fourth-order valence-corrected chi connectivity index (χ4v) is 3.42. The maximum atomic E-state index is 12.6. The topological polar surface area (TPSA) is 44.8 Å². The number of hydrogen-bond acceptors (Lipinski definition) is 3. The predicted molar refractivity (Wildman–Crippen MR) is 82.7 cm³/mol. The standard InChI is InChI=1S/C16H23N3O2/c1-18-9-12-7-8-13(18)11-19(10-12)16(20)17-14-5-3-4-6-15(14)21-2/h3-6,12-13H,7-11H2,1-2H3,(H,17,20)/t12-,13-/m1/s1. The Hall–Kier alpha value is -1.75. The number of carbonyl (C=O) groups excluding carboxylic acids is 1. The number of nitrogens with zero attached hydrogens (tertiary/aromatic N) is 2. The summed E-state index contributed by atoms with van der Waals surface area (Å²) in [4.78, 5) is 16.9. The molecule has 4 rings (SSSR count). The molecule has 0 spiro atoms. The SMILES string of the molecule is COc1ccccc1NC(=O)N1C[C@@H]2CC[C@H](C1)N(C)C2. The second-order valence-electron chi connectivity index (χ2n) is 6.07. The van der Waals surface area contributed by atoms with Crippen LogP contribution in [0.25, 0.3) is 0 Å². The molecule has 0 aromatic heterocycles. The van der Waals surface area contributed by atoms with E-state index in [1.807, 2.05) is 29.2 Å². The molecular formula is C16H23N3O2. The number of benzene rings is 1. The number of rotatable bonds is 2. The summed E-state index contributed by atoms with van der Waals surface area (Å²) in [5, 5.41) is 2.99. The fraction of sp³-hybridized carbons (Fsp3) is 0.562. The van der Waals surface area contributed by atoms with Gasteiger partial charge in [-0.25, -0.2) is 4.79 Å². The number of carbonyl (C=O) groups is 1. The van der Waals surface area contributed by atoms with E-state index < -0.39 is 0 Å². The molecule has 3 fully saturated rings. The number of methoxy groups -OCH3 is 1. The lowest BCUT2D eigenvalue weighted by Gasteiger charge is -2.32. The fourth-order valence-electron chi connectivity index (χ4n) is 3.42. The van der Waals surface area contributed by atoms with Crippen molar-refractivity contribution in [3.63, 3.8) is 0 Å². The van der Waals surface area contributed by atoms with Gasteiger partial charge in [0.2, 0.25) is 0 Å². The van der Waals surface area contributed by atoms with Crippen molar-refractivity contribution in [3.05, 3.63) is 24.3 Å². The Morgan fingerprint density at radius 2 is 2.05 bits per heavy atom. The van der Waals surface area contributed by atoms with Crippen LogP contribution in [-0.2, 0) is 0 Å². The zero-order valence-electron chi connectivity index (χ0n) is 12.7. The van der Waals surface area contributed by atoms with Gasteiger partial charge in [-0.15, -0.1) is 0 Å². The Morgan fingerprint density at radius 1 is 1.24 bits per heavy atom. The average Bonchev–Trinajstić information content (AvgIpc) is 2.79. The number of hydrogen-bond donors (Lipinski definition) is 1. The third kappa shape index (κ3) is 2.97. The van der Waals surface area contributed by atoms with Gasteiger partial charge >= 0.3 is 6.03 Å². The Kier molecular flexibility index (Phi) is 4.01. The molecular weight excluding hydrogens is 266 g/mol. The van der Waals surface area contributed by atoms with E-state index in [0.717, 1.165) is 25.3 Å². The van der Waals surface area contributed by atoms with Crippen molar-refractivity contribution >= 4 is 11.7 Å².